The number of hydrogen-bond acceptors (Lipinski definition) is 7. The zero-order valence-corrected chi connectivity index (χ0v) is 19.7. The van der Waals surface area contributed by atoms with E-state index in [4.69, 9.17) is 15.6 Å². The summed E-state index contributed by atoms with van der Waals surface area (Å²) >= 11 is 1.69. The van der Waals surface area contributed by atoms with E-state index in [0.29, 0.717) is 17.6 Å². The summed E-state index contributed by atoms with van der Waals surface area (Å²) in [6, 6.07) is 15.0. The van der Waals surface area contributed by atoms with Gasteiger partial charge in [0.1, 0.15) is 17.5 Å². The first-order chi connectivity index (χ1) is 16.6. The highest BCUT2D eigenvalue weighted by atomic mass is 32.2. The van der Waals surface area contributed by atoms with Crippen molar-refractivity contribution in [1.29, 1.82) is 5.26 Å². The van der Waals surface area contributed by atoms with Gasteiger partial charge in [-0.05, 0) is 50.1 Å². The van der Waals surface area contributed by atoms with Crippen LogP contribution in [-0.2, 0) is 4.79 Å². The van der Waals surface area contributed by atoms with Crippen LogP contribution < -0.4 is 16.4 Å². The number of pyridine rings is 1. The summed E-state index contributed by atoms with van der Waals surface area (Å²) in [7, 11) is 0. The van der Waals surface area contributed by atoms with Crippen LogP contribution in [0.15, 0.2) is 47.5 Å². The number of thioether (sulfide) groups is 1. The number of nitrogens with two attached hydrogens (primary N) is 1. The van der Waals surface area contributed by atoms with Crippen molar-refractivity contribution in [1.82, 2.24) is 9.61 Å². The number of carbonyl (C=O) groups is 1. The van der Waals surface area contributed by atoms with Crippen molar-refractivity contribution in [2.24, 2.45) is 5.73 Å². The second-order valence-corrected chi connectivity index (χ2v) is 8.79. The van der Waals surface area contributed by atoms with Gasteiger partial charge in [-0.3, -0.25) is 0 Å². The number of para-hydroxylation sites is 1. The van der Waals surface area contributed by atoms with Crippen molar-refractivity contribution in [3.8, 4) is 6.07 Å². The van der Waals surface area contributed by atoms with E-state index in [-0.39, 0.29) is 0 Å². The predicted octanol–water partition coefficient (Wildman–Crippen LogP) is 4.99. The second kappa shape index (κ2) is 11.3. The average Bonchev–Trinajstić information content (AvgIpc) is 3.31. The number of rotatable bonds is 5. The van der Waals surface area contributed by atoms with Crippen molar-refractivity contribution in [3.05, 3.63) is 48.2 Å². The highest BCUT2D eigenvalue weighted by Crippen LogP contribution is 2.32. The van der Waals surface area contributed by atoms with Gasteiger partial charge >= 0.3 is 12.1 Å². The zero-order valence-electron chi connectivity index (χ0n) is 18.8. The number of nitrogens with zero attached hydrogens (tertiary/aromatic N) is 3. The van der Waals surface area contributed by atoms with Crippen LogP contribution in [0.5, 0.6) is 0 Å². The number of hydrogen-bond donors (Lipinski definition) is 4. The SMILES string of the molecule is CSc1ccccc1Nc1cc(NC2CCC(N)CC2)c(C#N)c2ccnn12.O=C(O)C(F)(F)F. The van der Waals surface area contributed by atoms with Crippen LogP contribution in [0.4, 0.5) is 30.4 Å². The van der Waals surface area contributed by atoms with E-state index in [0.717, 1.165) is 53.3 Å². The molecule has 0 aliphatic heterocycles. The summed E-state index contributed by atoms with van der Waals surface area (Å²) in [6.45, 7) is 0. The first kappa shape index (κ1) is 26.2. The van der Waals surface area contributed by atoms with Gasteiger partial charge in [-0.1, -0.05) is 12.1 Å². The molecular formula is C23H25F3N6O2S. The molecule has 0 unspecified atom stereocenters. The van der Waals surface area contributed by atoms with Crippen LogP contribution >= 0.6 is 11.8 Å². The summed E-state index contributed by atoms with van der Waals surface area (Å²) in [4.78, 5) is 10.1. The molecule has 1 aliphatic rings. The van der Waals surface area contributed by atoms with Gasteiger partial charge in [0.05, 0.1) is 23.1 Å². The smallest absolute Gasteiger partial charge is 0.475 e. The molecule has 0 atom stereocenters. The van der Waals surface area contributed by atoms with E-state index in [9.17, 15) is 18.4 Å². The van der Waals surface area contributed by atoms with Crippen LogP contribution in [0.1, 0.15) is 31.2 Å². The van der Waals surface area contributed by atoms with Gasteiger partial charge < -0.3 is 21.5 Å². The van der Waals surface area contributed by atoms with Crippen molar-refractivity contribution in [2.75, 3.05) is 16.9 Å². The van der Waals surface area contributed by atoms with Crippen molar-refractivity contribution in [3.63, 3.8) is 0 Å². The molecule has 12 heteroatoms. The lowest BCUT2D eigenvalue weighted by atomic mass is 9.91. The van der Waals surface area contributed by atoms with E-state index in [2.05, 4.69) is 40.2 Å². The van der Waals surface area contributed by atoms with E-state index in [1.165, 1.54) is 0 Å². The number of benzene rings is 1. The normalized spacial score (nSPS) is 17.7. The fraction of sp³-hybridized carbons (Fsp3) is 0.348. The van der Waals surface area contributed by atoms with E-state index in [1.807, 2.05) is 24.3 Å². The molecule has 0 radical (unpaired) electrons. The monoisotopic (exact) mass is 506 g/mol. The highest BCUT2D eigenvalue weighted by molar-refractivity contribution is 7.98. The molecule has 1 aromatic carbocycles. The zero-order chi connectivity index (χ0) is 25.6. The molecule has 0 spiro atoms. The number of aromatic nitrogens is 2. The predicted molar refractivity (Wildman–Crippen MR) is 129 cm³/mol. The molecule has 8 nitrogen and oxygen atoms in total. The van der Waals surface area contributed by atoms with E-state index in [1.54, 1.807) is 22.5 Å². The molecule has 1 fully saturated rings. The highest BCUT2D eigenvalue weighted by Gasteiger charge is 2.38. The lowest BCUT2D eigenvalue weighted by Crippen LogP contribution is -2.33. The number of nitrogens with one attached hydrogen (secondary N) is 2. The summed E-state index contributed by atoms with van der Waals surface area (Å²) < 4.78 is 33.5. The van der Waals surface area contributed by atoms with Gasteiger partial charge in [0.15, 0.2) is 0 Å². The maximum absolute atomic E-state index is 10.6. The third-order valence-corrected chi connectivity index (χ3v) is 6.33. The van der Waals surface area contributed by atoms with Crippen LogP contribution in [0, 0.1) is 11.3 Å². The Balaban J connectivity index is 0.000000429. The second-order valence-electron chi connectivity index (χ2n) is 7.94. The molecule has 0 saturated heterocycles. The number of nitriles is 1. The molecule has 0 bridgehead atoms. The Morgan fingerprint density at radius 2 is 1.89 bits per heavy atom. The molecular weight excluding hydrogens is 481 g/mol. The minimum atomic E-state index is -5.08. The Morgan fingerprint density at radius 3 is 2.49 bits per heavy atom. The van der Waals surface area contributed by atoms with Gasteiger partial charge in [0.25, 0.3) is 0 Å². The molecule has 186 valence electrons. The molecule has 1 saturated carbocycles. The Bertz CT molecular complexity index is 1220. The number of anilines is 3. The van der Waals surface area contributed by atoms with Crippen LogP contribution in [0.3, 0.4) is 0 Å². The quantitative estimate of drug-likeness (QED) is 0.357. The maximum atomic E-state index is 10.6. The number of halogens is 3. The topological polar surface area (TPSA) is 128 Å². The average molecular weight is 507 g/mol. The Kier molecular flexibility index (Phi) is 8.48. The third-order valence-electron chi connectivity index (χ3n) is 5.53. The van der Waals surface area contributed by atoms with Crippen LogP contribution in [0.25, 0.3) is 5.52 Å². The maximum Gasteiger partial charge on any atom is 0.490 e. The van der Waals surface area contributed by atoms with E-state index < -0.39 is 12.1 Å². The molecule has 0 amide bonds. The lowest BCUT2D eigenvalue weighted by Gasteiger charge is -2.28. The standard InChI is InChI=1S/C21H24N6S.C2HF3O2/c1-28-20-5-3-2-4-17(20)26-21-12-18(25-15-8-6-14(23)7-9-15)16(13-22)19-10-11-24-27(19)21;3-2(4,5)1(6)7/h2-5,10-12,14-15,25-26H,6-9,23H2,1H3;(H,6,7). The number of carboxylic acids is 1. The molecule has 1 aliphatic carbocycles. The van der Waals surface area contributed by atoms with Crippen molar-refractivity contribution in [2.45, 2.75) is 48.8 Å². The molecule has 2 heterocycles. The number of aliphatic carboxylic acids is 1. The van der Waals surface area contributed by atoms with Gasteiger partial charge in [-0.15, -0.1) is 11.8 Å². The summed E-state index contributed by atoms with van der Waals surface area (Å²) in [5, 5.41) is 28.4. The number of fused-ring (bicyclic) bond motifs is 1. The van der Waals surface area contributed by atoms with Gasteiger partial charge in [0, 0.05) is 23.0 Å². The number of carboxylic acid groups (broad SMARTS) is 1. The number of alkyl halides is 3. The van der Waals surface area contributed by atoms with Gasteiger partial charge in [-0.2, -0.15) is 23.5 Å². The minimum Gasteiger partial charge on any atom is -0.475 e. The Morgan fingerprint density at radius 1 is 1.23 bits per heavy atom. The summed E-state index contributed by atoms with van der Waals surface area (Å²) in [6.07, 6.45) is 2.78. The largest absolute Gasteiger partial charge is 0.490 e. The first-order valence-corrected chi connectivity index (χ1v) is 12.0. The van der Waals surface area contributed by atoms with Crippen molar-refractivity contribution >= 4 is 40.4 Å². The fourth-order valence-electron chi connectivity index (χ4n) is 3.78. The van der Waals surface area contributed by atoms with Crippen molar-refractivity contribution < 1.29 is 23.1 Å². The van der Waals surface area contributed by atoms with Crippen LogP contribution in [-0.4, -0.2) is 45.2 Å². The summed E-state index contributed by atoms with van der Waals surface area (Å²) in [5.41, 5.74) is 9.32. The molecule has 4 rings (SSSR count). The summed E-state index contributed by atoms with van der Waals surface area (Å²) in [5.74, 6) is -1.93. The fourth-order valence-corrected chi connectivity index (χ4v) is 4.34. The van der Waals surface area contributed by atoms with Crippen LogP contribution in [0.2, 0.25) is 0 Å². The van der Waals surface area contributed by atoms with Gasteiger partial charge in [-0.25, -0.2) is 9.31 Å². The molecule has 35 heavy (non-hydrogen) atoms. The van der Waals surface area contributed by atoms with E-state index >= 15 is 0 Å². The molecule has 3 aromatic rings. The Hall–Kier alpha value is -3.43. The third kappa shape index (κ3) is 6.58. The Labute approximate surface area is 204 Å². The molecule has 2 aromatic heterocycles. The molecule has 5 N–H and O–H groups in total. The minimum absolute atomic E-state index is 0.297. The first-order valence-electron chi connectivity index (χ1n) is 10.8. The lowest BCUT2D eigenvalue weighted by molar-refractivity contribution is -0.192. The van der Waals surface area contributed by atoms with Gasteiger partial charge in [0.2, 0.25) is 0 Å².